The summed E-state index contributed by atoms with van der Waals surface area (Å²) in [6.45, 7) is 11.6. The van der Waals surface area contributed by atoms with E-state index in [1.807, 2.05) is 6.92 Å². The third kappa shape index (κ3) is 6.07. The van der Waals surface area contributed by atoms with E-state index in [1.165, 1.54) is 0 Å². The van der Waals surface area contributed by atoms with Crippen LogP contribution in [-0.2, 0) is 4.74 Å². The summed E-state index contributed by atoms with van der Waals surface area (Å²) in [5.74, 6) is 0. The van der Waals surface area contributed by atoms with Gasteiger partial charge in [0.05, 0.1) is 6.61 Å². The summed E-state index contributed by atoms with van der Waals surface area (Å²) in [6.07, 6.45) is 0. The van der Waals surface area contributed by atoms with Crippen molar-refractivity contribution in [3.05, 3.63) is 12.2 Å². The predicted octanol–water partition coefficient (Wildman–Crippen LogP) is 1.58. The van der Waals surface area contributed by atoms with Crippen molar-refractivity contribution in [2.24, 2.45) is 0 Å². The highest BCUT2D eigenvalue weighted by Gasteiger charge is 2.15. The van der Waals surface area contributed by atoms with Gasteiger partial charge in [-0.05, 0) is 20.8 Å². The Morgan fingerprint density at radius 1 is 1.55 bits per heavy atom. The Kier molecular flexibility index (Phi) is 4.38. The largest absolute Gasteiger partial charge is 0.383 e. The van der Waals surface area contributed by atoms with Gasteiger partial charge in [0.15, 0.2) is 0 Å². The normalized spacial score (nSPS) is 11.6. The van der Waals surface area contributed by atoms with Crippen molar-refractivity contribution in [1.82, 2.24) is 5.32 Å². The minimum Gasteiger partial charge on any atom is -0.383 e. The molecule has 0 aromatic carbocycles. The van der Waals surface area contributed by atoms with Gasteiger partial charge >= 0.3 is 0 Å². The van der Waals surface area contributed by atoms with Crippen LogP contribution in [0.15, 0.2) is 12.2 Å². The molecule has 0 fully saturated rings. The van der Waals surface area contributed by atoms with Crippen molar-refractivity contribution in [2.75, 3.05) is 20.3 Å². The third-order valence-electron chi connectivity index (χ3n) is 1.37. The van der Waals surface area contributed by atoms with E-state index >= 15 is 0 Å². The van der Waals surface area contributed by atoms with Crippen LogP contribution in [0.3, 0.4) is 0 Å². The lowest BCUT2D eigenvalue weighted by molar-refractivity contribution is 0.130. The van der Waals surface area contributed by atoms with E-state index in [9.17, 15) is 0 Å². The molecule has 0 aromatic heterocycles. The van der Waals surface area contributed by atoms with Crippen molar-refractivity contribution in [3.8, 4) is 0 Å². The molecule has 66 valence electrons. The summed E-state index contributed by atoms with van der Waals surface area (Å²) < 4.78 is 5.05. The maximum Gasteiger partial charge on any atom is 0.0639 e. The molecular formula is C9H19NO. The third-order valence-corrected chi connectivity index (χ3v) is 1.37. The second-order valence-electron chi connectivity index (χ2n) is 3.63. The average molecular weight is 157 g/mol. The molecule has 11 heavy (non-hydrogen) atoms. The van der Waals surface area contributed by atoms with Crippen molar-refractivity contribution < 1.29 is 4.74 Å². The fourth-order valence-electron chi connectivity index (χ4n) is 0.802. The first-order valence-electron chi connectivity index (χ1n) is 3.86. The smallest absolute Gasteiger partial charge is 0.0639 e. The van der Waals surface area contributed by atoms with Crippen molar-refractivity contribution in [1.29, 1.82) is 0 Å². The zero-order chi connectivity index (χ0) is 8.91. The molecular weight excluding hydrogens is 138 g/mol. The number of hydrogen-bond donors (Lipinski definition) is 1. The van der Waals surface area contributed by atoms with Crippen LogP contribution < -0.4 is 5.32 Å². The van der Waals surface area contributed by atoms with Gasteiger partial charge in [-0.3, -0.25) is 0 Å². The molecule has 0 atom stereocenters. The highest BCUT2D eigenvalue weighted by Crippen LogP contribution is 2.02. The first-order valence-corrected chi connectivity index (χ1v) is 3.86. The second-order valence-corrected chi connectivity index (χ2v) is 3.63. The molecule has 2 heteroatoms. The topological polar surface area (TPSA) is 21.3 Å². The van der Waals surface area contributed by atoms with Gasteiger partial charge in [-0.1, -0.05) is 12.2 Å². The fraction of sp³-hybridized carbons (Fsp3) is 0.778. The van der Waals surface area contributed by atoms with Gasteiger partial charge in [0.2, 0.25) is 0 Å². The van der Waals surface area contributed by atoms with Gasteiger partial charge in [0.1, 0.15) is 0 Å². The molecule has 0 spiro atoms. The molecule has 0 bridgehead atoms. The van der Waals surface area contributed by atoms with Gasteiger partial charge in [0, 0.05) is 19.2 Å². The first-order chi connectivity index (χ1) is 4.98. The monoisotopic (exact) mass is 157 g/mol. The maximum atomic E-state index is 5.05. The highest BCUT2D eigenvalue weighted by molar-refractivity contribution is 4.93. The molecule has 0 saturated carbocycles. The number of nitrogens with one attached hydrogen (secondary N) is 1. The average Bonchev–Trinajstić information content (AvgIpc) is 1.84. The van der Waals surface area contributed by atoms with E-state index in [-0.39, 0.29) is 5.54 Å². The molecule has 0 aliphatic heterocycles. The van der Waals surface area contributed by atoms with E-state index in [2.05, 4.69) is 25.7 Å². The quantitative estimate of drug-likeness (QED) is 0.612. The number of ether oxygens (including phenoxy) is 1. The lowest BCUT2D eigenvalue weighted by atomic mass is 10.1. The van der Waals surface area contributed by atoms with Gasteiger partial charge in [0.25, 0.3) is 0 Å². The fourth-order valence-corrected chi connectivity index (χ4v) is 0.802. The predicted molar refractivity (Wildman–Crippen MR) is 48.8 cm³/mol. The molecule has 0 radical (unpaired) electrons. The standard InChI is InChI=1S/C9H19NO/c1-8(2)6-10-9(3,4)7-11-5/h10H,1,6-7H2,2-5H3. The summed E-state index contributed by atoms with van der Waals surface area (Å²) in [7, 11) is 1.71. The molecule has 2 nitrogen and oxygen atoms in total. The number of rotatable bonds is 5. The summed E-state index contributed by atoms with van der Waals surface area (Å²) in [5, 5.41) is 3.33. The van der Waals surface area contributed by atoms with Crippen molar-refractivity contribution in [3.63, 3.8) is 0 Å². The van der Waals surface area contributed by atoms with Gasteiger partial charge in [-0.2, -0.15) is 0 Å². The lowest BCUT2D eigenvalue weighted by Crippen LogP contribution is -2.43. The lowest BCUT2D eigenvalue weighted by Gasteiger charge is -2.25. The summed E-state index contributed by atoms with van der Waals surface area (Å²) in [5.41, 5.74) is 1.20. The maximum absolute atomic E-state index is 5.05. The Morgan fingerprint density at radius 2 is 2.09 bits per heavy atom. The number of hydrogen-bond acceptors (Lipinski definition) is 2. The van der Waals surface area contributed by atoms with Gasteiger partial charge in [-0.15, -0.1) is 0 Å². The summed E-state index contributed by atoms with van der Waals surface area (Å²) in [4.78, 5) is 0. The van der Waals surface area contributed by atoms with Crippen molar-refractivity contribution in [2.45, 2.75) is 26.3 Å². The SMILES string of the molecule is C=C(C)CNC(C)(C)COC. The Morgan fingerprint density at radius 3 is 2.45 bits per heavy atom. The molecule has 0 aromatic rings. The molecule has 0 unspecified atom stereocenters. The Labute approximate surface area is 69.6 Å². The van der Waals surface area contributed by atoms with Gasteiger partial charge < -0.3 is 10.1 Å². The van der Waals surface area contributed by atoms with Crippen LogP contribution in [0, 0.1) is 0 Å². The van der Waals surface area contributed by atoms with Gasteiger partial charge in [-0.25, -0.2) is 0 Å². The highest BCUT2D eigenvalue weighted by atomic mass is 16.5. The summed E-state index contributed by atoms with van der Waals surface area (Å²) >= 11 is 0. The van der Waals surface area contributed by atoms with E-state index in [4.69, 9.17) is 4.74 Å². The van der Waals surface area contributed by atoms with Crippen LogP contribution in [0.25, 0.3) is 0 Å². The zero-order valence-corrected chi connectivity index (χ0v) is 8.03. The molecule has 0 aliphatic rings. The Hall–Kier alpha value is -0.340. The van der Waals surface area contributed by atoms with Crippen LogP contribution in [0.5, 0.6) is 0 Å². The van der Waals surface area contributed by atoms with E-state index in [0.717, 1.165) is 18.7 Å². The van der Waals surface area contributed by atoms with E-state index in [0.29, 0.717) is 0 Å². The Bertz CT molecular complexity index is 130. The van der Waals surface area contributed by atoms with Crippen LogP contribution in [0.1, 0.15) is 20.8 Å². The minimum absolute atomic E-state index is 0.0493. The second kappa shape index (κ2) is 4.52. The van der Waals surface area contributed by atoms with E-state index in [1.54, 1.807) is 7.11 Å². The Balaban J connectivity index is 3.63. The molecule has 0 heterocycles. The molecule has 0 amide bonds. The van der Waals surface area contributed by atoms with Crippen molar-refractivity contribution >= 4 is 0 Å². The van der Waals surface area contributed by atoms with Crippen LogP contribution in [0.4, 0.5) is 0 Å². The zero-order valence-electron chi connectivity index (χ0n) is 8.03. The minimum atomic E-state index is 0.0493. The van der Waals surface area contributed by atoms with E-state index < -0.39 is 0 Å². The molecule has 0 aliphatic carbocycles. The first kappa shape index (κ1) is 10.7. The molecule has 1 N–H and O–H groups in total. The summed E-state index contributed by atoms with van der Waals surface area (Å²) in [6, 6.07) is 0. The molecule has 0 rings (SSSR count). The number of methoxy groups -OCH3 is 1. The van der Waals surface area contributed by atoms with Crippen LogP contribution >= 0.6 is 0 Å². The van der Waals surface area contributed by atoms with Crippen LogP contribution in [-0.4, -0.2) is 25.8 Å². The van der Waals surface area contributed by atoms with Crippen LogP contribution in [0.2, 0.25) is 0 Å². The molecule has 0 saturated heterocycles.